The number of sulfonamides is 1. The molecule has 6 nitrogen and oxygen atoms in total. The first kappa shape index (κ1) is 25.0. The minimum Gasteiger partial charge on any atom is -0.466 e. The number of carbonyl (C=O) groups is 1. The second-order valence-corrected chi connectivity index (χ2v) is 11.0. The lowest BCUT2D eigenvalue weighted by atomic mass is 9.96. The maximum Gasteiger partial charge on any atom is 0.310 e. The molecule has 1 saturated heterocycles. The summed E-state index contributed by atoms with van der Waals surface area (Å²) in [7, 11) is -3.80. The van der Waals surface area contributed by atoms with E-state index in [1.807, 2.05) is 77.1 Å². The number of carbonyl (C=O) groups excluding carboxylic acids is 1. The van der Waals surface area contributed by atoms with E-state index >= 15 is 0 Å². The van der Waals surface area contributed by atoms with Crippen molar-refractivity contribution >= 4 is 38.1 Å². The fraction of sp³-hybridized carbons (Fsp3) is 0.393. The van der Waals surface area contributed by atoms with Crippen molar-refractivity contribution in [2.75, 3.05) is 29.3 Å². The maximum atomic E-state index is 13.6. The molecule has 1 heterocycles. The molecule has 0 bridgehead atoms. The summed E-state index contributed by atoms with van der Waals surface area (Å²) in [6.45, 7) is 11.2. The van der Waals surface area contributed by atoms with Gasteiger partial charge in [0.25, 0.3) is 10.0 Å². The molecule has 0 amide bonds. The fourth-order valence-corrected chi connectivity index (χ4v) is 6.77. The van der Waals surface area contributed by atoms with Gasteiger partial charge in [-0.15, -0.1) is 0 Å². The molecule has 1 atom stereocenters. The lowest BCUT2D eigenvalue weighted by molar-refractivity contribution is -0.148. The van der Waals surface area contributed by atoms with Crippen LogP contribution in [0.5, 0.6) is 0 Å². The average molecular weight is 495 g/mol. The topological polar surface area (TPSA) is 75.7 Å². The molecule has 7 heteroatoms. The highest BCUT2D eigenvalue weighted by molar-refractivity contribution is 7.92. The van der Waals surface area contributed by atoms with Gasteiger partial charge in [0, 0.05) is 29.5 Å². The summed E-state index contributed by atoms with van der Waals surface area (Å²) in [5.41, 5.74) is 4.97. The quantitative estimate of drug-likeness (QED) is 0.448. The van der Waals surface area contributed by atoms with Crippen LogP contribution in [0.25, 0.3) is 10.8 Å². The zero-order chi connectivity index (χ0) is 25.3. The summed E-state index contributed by atoms with van der Waals surface area (Å²) in [6.07, 6.45) is 1.72. The van der Waals surface area contributed by atoms with E-state index in [0.717, 1.165) is 58.1 Å². The van der Waals surface area contributed by atoms with E-state index in [1.54, 1.807) is 0 Å². The zero-order valence-corrected chi connectivity index (χ0v) is 22.0. The van der Waals surface area contributed by atoms with Gasteiger partial charge in [0.1, 0.15) is 0 Å². The molecule has 0 unspecified atom stereocenters. The third-order valence-corrected chi connectivity index (χ3v) is 8.73. The van der Waals surface area contributed by atoms with Gasteiger partial charge in [-0.1, -0.05) is 30.3 Å². The molecule has 3 aromatic rings. The normalized spacial score (nSPS) is 16.4. The zero-order valence-electron chi connectivity index (χ0n) is 21.1. The lowest BCUT2D eigenvalue weighted by Gasteiger charge is -2.34. The van der Waals surface area contributed by atoms with Crippen LogP contribution in [0.1, 0.15) is 42.0 Å². The number of hydrogen-bond donors (Lipinski definition) is 1. The van der Waals surface area contributed by atoms with Crippen LogP contribution >= 0.6 is 0 Å². The molecule has 1 fully saturated rings. The van der Waals surface area contributed by atoms with Gasteiger partial charge < -0.3 is 9.64 Å². The van der Waals surface area contributed by atoms with Crippen LogP contribution in [0.4, 0.5) is 11.4 Å². The number of fused-ring (bicyclic) bond motifs is 1. The number of hydrogen-bond acceptors (Lipinski definition) is 5. The summed E-state index contributed by atoms with van der Waals surface area (Å²) in [5, 5.41) is 1.78. The van der Waals surface area contributed by atoms with Gasteiger partial charge in [-0.2, -0.15) is 0 Å². The Labute approximate surface area is 208 Å². The van der Waals surface area contributed by atoms with Crippen LogP contribution in [0.2, 0.25) is 0 Å². The first-order chi connectivity index (χ1) is 16.6. The lowest BCUT2D eigenvalue weighted by Crippen LogP contribution is -2.39. The molecular formula is C28H34N2O4S. The summed E-state index contributed by atoms with van der Waals surface area (Å²) in [6, 6.07) is 13.6. The van der Waals surface area contributed by atoms with Gasteiger partial charge in [0.15, 0.2) is 0 Å². The van der Waals surface area contributed by atoms with Crippen LogP contribution in [-0.2, 0) is 19.6 Å². The second kappa shape index (κ2) is 9.90. The van der Waals surface area contributed by atoms with Gasteiger partial charge in [-0.05, 0) is 81.8 Å². The van der Waals surface area contributed by atoms with Crippen molar-refractivity contribution < 1.29 is 17.9 Å². The number of rotatable bonds is 6. The molecule has 35 heavy (non-hydrogen) atoms. The monoisotopic (exact) mass is 494 g/mol. The van der Waals surface area contributed by atoms with Crippen molar-refractivity contribution in [3.63, 3.8) is 0 Å². The van der Waals surface area contributed by atoms with Crippen molar-refractivity contribution in [1.29, 1.82) is 0 Å². The number of ether oxygens (including phenoxy) is 1. The molecule has 0 aromatic heterocycles. The average Bonchev–Trinajstić information content (AvgIpc) is 2.83. The molecular weight excluding hydrogens is 460 g/mol. The number of piperidine rings is 1. The highest BCUT2D eigenvalue weighted by atomic mass is 32.2. The Balaban J connectivity index is 1.72. The van der Waals surface area contributed by atoms with Crippen LogP contribution in [0.3, 0.4) is 0 Å². The third-order valence-electron chi connectivity index (χ3n) is 7.09. The molecule has 0 spiro atoms. The highest BCUT2D eigenvalue weighted by Crippen LogP contribution is 2.36. The number of benzene rings is 3. The number of nitrogens with one attached hydrogen (secondary N) is 1. The Kier molecular flexibility index (Phi) is 7.08. The van der Waals surface area contributed by atoms with Crippen LogP contribution < -0.4 is 9.62 Å². The highest BCUT2D eigenvalue weighted by Gasteiger charge is 2.28. The van der Waals surface area contributed by atoms with E-state index in [-0.39, 0.29) is 11.9 Å². The maximum absolute atomic E-state index is 13.6. The van der Waals surface area contributed by atoms with Gasteiger partial charge >= 0.3 is 5.97 Å². The second-order valence-electron chi connectivity index (χ2n) is 9.41. The smallest absolute Gasteiger partial charge is 0.310 e. The molecule has 1 aliphatic heterocycles. The molecule has 0 aliphatic carbocycles. The summed E-state index contributed by atoms with van der Waals surface area (Å²) >= 11 is 0. The summed E-state index contributed by atoms with van der Waals surface area (Å²) in [5.74, 6) is -0.304. The predicted molar refractivity (Wildman–Crippen MR) is 142 cm³/mol. The standard InChI is InChI=1S/C28H34N2O4S/c1-6-34-28(31)22-10-9-15-30(17-22)26-14-13-25(23-11-7-8-12-24(23)26)29-35(32,33)27-20(4)18(2)16-19(3)21(27)5/h7-8,11-14,16,22,29H,6,9-10,15,17H2,1-5H3/t22-/m0/s1. The fourth-order valence-electron chi connectivity index (χ4n) is 5.08. The largest absolute Gasteiger partial charge is 0.466 e. The molecule has 186 valence electrons. The molecule has 1 aliphatic rings. The van der Waals surface area contributed by atoms with Gasteiger partial charge in [-0.3, -0.25) is 9.52 Å². The number of nitrogens with zero attached hydrogens (tertiary/aromatic N) is 1. The molecule has 0 radical (unpaired) electrons. The Hall–Kier alpha value is -3.06. The Morgan fingerprint density at radius 2 is 1.69 bits per heavy atom. The van der Waals surface area contributed by atoms with E-state index in [1.165, 1.54) is 0 Å². The minimum atomic E-state index is -3.80. The summed E-state index contributed by atoms with van der Waals surface area (Å²) in [4.78, 5) is 14.9. The van der Waals surface area contributed by atoms with Crippen molar-refractivity contribution in [2.45, 2.75) is 52.4 Å². The van der Waals surface area contributed by atoms with Gasteiger partial charge in [0.05, 0.1) is 23.1 Å². The van der Waals surface area contributed by atoms with E-state index in [0.29, 0.717) is 23.7 Å². The molecule has 0 saturated carbocycles. The first-order valence-corrected chi connectivity index (χ1v) is 13.7. The SMILES string of the molecule is CCOC(=O)[C@H]1CCCN(c2ccc(NS(=O)(=O)c3c(C)c(C)cc(C)c3C)c3ccccc23)C1. The molecule has 4 rings (SSSR count). The molecule has 1 N–H and O–H groups in total. The number of esters is 1. The number of anilines is 2. The van der Waals surface area contributed by atoms with Crippen molar-refractivity contribution in [2.24, 2.45) is 5.92 Å². The van der Waals surface area contributed by atoms with Gasteiger partial charge in [-0.25, -0.2) is 8.42 Å². The molecule has 3 aromatic carbocycles. The summed E-state index contributed by atoms with van der Waals surface area (Å²) < 4.78 is 35.3. The van der Waals surface area contributed by atoms with Gasteiger partial charge in [0.2, 0.25) is 0 Å². The predicted octanol–water partition coefficient (Wildman–Crippen LogP) is 5.65. The minimum absolute atomic E-state index is 0.148. The first-order valence-electron chi connectivity index (χ1n) is 12.2. The van der Waals surface area contributed by atoms with Crippen LogP contribution in [-0.4, -0.2) is 34.1 Å². The van der Waals surface area contributed by atoms with Crippen LogP contribution in [0, 0.1) is 33.6 Å². The number of aryl methyl sites for hydroxylation is 2. The van der Waals surface area contributed by atoms with E-state index in [4.69, 9.17) is 4.74 Å². The Morgan fingerprint density at radius 1 is 1.03 bits per heavy atom. The van der Waals surface area contributed by atoms with Crippen molar-refractivity contribution in [3.05, 3.63) is 64.7 Å². The van der Waals surface area contributed by atoms with E-state index < -0.39 is 10.0 Å². The van der Waals surface area contributed by atoms with Crippen molar-refractivity contribution in [3.8, 4) is 0 Å². The van der Waals surface area contributed by atoms with E-state index in [2.05, 4.69) is 9.62 Å². The van der Waals surface area contributed by atoms with Crippen LogP contribution in [0.15, 0.2) is 47.4 Å². The van der Waals surface area contributed by atoms with E-state index in [9.17, 15) is 13.2 Å². The Bertz CT molecular complexity index is 1360. The third kappa shape index (κ3) is 4.87. The van der Waals surface area contributed by atoms with Crippen molar-refractivity contribution in [1.82, 2.24) is 0 Å². The Morgan fingerprint density at radius 3 is 2.34 bits per heavy atom.